The smallest absolute Gasteiger partial charge is 0.273 e. The Hall–Kier alpha value is -2.65. The van der Waals surface area contributed by atoms with Crippen LogP contribution in [0.1, 0.15) is 12.0 Å². The predicted molar refractivity (Wildman–Crippen MR) is 58.3 cm³/mol. The van der Waals surface area contributed by atoms with Crippen LogP contribution in [0.15, 0.2) is 18.2 Å². The van der Waals surface area contributed by atoms with Gasteiger partial charge in [0.1, 0.15) is 12.1 Å². The number of hydrogen-bond donors (Lipinski definition) is 1. The van der Waals surface area contributed by atoms with Crippen molar-refractivity contribution < 1.29 is 27.7 Å². The van der Waals surface area contributed by atoms with E-state index in [9.17, 15) is 32.9 Å². The second kappa shape index (κ2) is 4.47. The minimum Gasteiger partial charge on any atom is -0.273 e. The molecule has 1 saturated heterocycles. The van der Waals surface area contributed by atoms with Crippen molar-refractivity contribution >= 4 is 23.2 Å². The quantitative estimate of drug-likeness (QED) is 0.505. The molecule has 106 valence electrons. The molecule has 1 fully saturated rings. The third-order valence-electron chi connectivity index (χ3n) is 2.54. The number of nitro groups is 1. The van der Waals surface area contributed by atoms with Gasteiger partial charge in [0.2, 0.25) is 5.91 Å². The average Bonchev–Trinajstić information content (AvgIpc) is 2.66. The normalized spacial score (nSPS) is 15.4. The summed E-state index contributed by atoms with van der Waals surface area (Å²) in [6.07, 6.45) is -5.26. The molecule has 20 heavy (non-hydrogen) atoms. The number of nitrogens with one attached hydrogen (secondary N) is 1. The second-order valence-corrected chi connectivity index (χ2v) is 3.90. The first-order valence-corrected chi connectivity index (χ1v) is 5.18. The molecule has 2 amide bonds. The largest absolute Gasteiger partial charge is 0.416 e. The molecule has 1 heterocycles. The van der Waals surface area contributed by atoms with E-state index in [1.54, 1.807) is 0 Å². The molecule has 1 aromatic rings. The number of carbonyl (C=O) groups excluding carboxylic acids is 2. The summed E-state index contributed by atoms with van der Waals surface area (Å²) >= 11 is 0. The summed E-state index contributed by atoms with van der Waals surface area (Å²) in [5.74, 6) is -1.47. The molecule has 0 unspecified atom stereocenters. The van der Waals surface area contributed by atoms with Crippen molar-refractivity contribution in [2.24, 2.45) is 0 Å². The SMILES string of the molecule is O=C1CC(=O)N(c2ccc(C(F)(F)F)cc2[N+](=O)[O-])N1. The molecule has 7 nitrogen and oxygen atoms in total. The molecule has 1 aliphatic rings. The first kappa shape index (κ1) is 13.8. The van der Waals surface area contributed by atoms with Gasteiger partial charge in [0, 0.05) is 6.07 Å². The molecule has 0 aliphatic carbocycles. The Morgan fingerprint density at radius 3 is 2.40 bits per heavy atom. The van der Waals surface area contributed by atoms with Crippen molar-refractivity contribution in [2.45, 2.75) is 12.6 Å². The second-order valence-electron chi connectivity index (χ2n) is 3.90. The van der Waals surface area contributed by atoms with Gasteiger partial charge in [0.15, 0.2) is 0 Å². The zero-order valence-corrected chi connectivity index (χ0v) is 9.60. The Morgan fingerprint density at radius 2 is 1.95 bits per heavy atom. The summed E-state index contributed by atoms with van der Waals surface area (Å²) in [4.78, 5) is 32.2. The molecule has 1 aliphatic heterocycles. The Labute approximate surface area is 109 Å². The van der Waals surface area contributed by atoms with E-state index in [4.69, 9.17) is 0 Å². The summed E-state index contributed by atoms with van der Waals surface area (Å²) < 4.78 is 37.5. The first-order chi connectivity index (χ1) is 9.20. The van der Waals surface area contributed by atoms with Crippen molar-refractivity contribution in [2.75, 3.05) is 5.01 Å². The molecule has 0 saturated carbocycles. The maximum Gasteiger partial charge on any atom is 0.416 e. The lowest BCUT2D eigenvalue weighted by Crippen LogP contribution is -2.36. The molecular formula is C10H6F3N3O4. The van der Waals surface area contributed by atoms with Crippen LogP contribution in [-0.2, 0) is 15.8 Å². The van der Waals surface area contributed by atoms with E-state index in [1.165, 1.54) is 0 Å². The van der Waals surface area contributed by atoms with Crippen molar-refractivity contribution in [1.82, 2.24) is 5.43 Å². The minimum atomic E-state index is -4.75. The van der Waals surface area contributed by atoms with Crippen LogP contribution in [0.25, 0.3) is 0 Å². The van der Waals surface area contributed by atoms with Gasteiger partial charge in [-0.1, -0.05) is 0 Å². The molecule has 1 N–H and O–H groups in total. The van der Waals surface area contributed by atoms with E-state index in [1.807, 2.05) is 5.43 Å². The number of benzene rings is 1. The van der Waals surface area contributed by atoms with E-state index < -0.39 is 46.3 Å². The highest BCUT2D eigenvalue weighted by molar-refractivity contribution is 6.12. The Balaban J connectivity index is 2.51. The summed E-state index contributed by atoms with van der Waals surface area (Å²) in [6, 6.07) is 1.68. The third kappa shape index (κ3) is 2.39. The summed E-state index contributed by atoms with van der Waals surface area (Å²) in [5.41, 5.74) is -0.523. The van der Waals surface area contributed by atoms with Crippen molar-refractivity contribution in [3.8, 4) is 0 Å². The standard InChI is InChI=1S/C10H6F3N3O4/c11-10(12,13)5-1-2-6(7(3-5)16(19)20)15-9(18)4-8(17)14-15/h1-3H,4H2,(H,14,17). The Kier molecular flexibility index (Phi) is 3.08. The number of alkyl halides is 3. The van der Waals surface area contributed by atoms with E-state index in [0.29, 0.717) is 17.1 Å². The van der Waals surface area contributed by atoms with Crippen molar-refractivity contribution in [3.05, 3.63) is 33.9 Å². The molecule has 2 rings (SSSR count). The number of anilines is 1. The lowest BCUT2D eigenvalue weighted by molar-refractivity contribution is -0.384. The van der Waals surface area contributed by atoms with Crippen molar-refractivity contribution in [3.63, 3.8) is 0 Å². The van der Waals surface area contributed by atoms with Crippen LogP contribution in [0.5, 0.6) is 0 Å². The molecule has 0 atom stereocenters. The van der Waals surface area contributed by atoms with Crippen LogP contribution >= 0.6 is 0 Å². The summed E-state index contributed by atoms with van der Waals surface area (Å²) in [7, 11) is 0. The highest BCUT2D eigenvalue weighted by Gasteiger charge is 2.37. The van der Waals surface area contributed by atoms with Crippen molar-refractivity contribution in [1.29, 1.82) is 0 Å². The number of carbonyl (C=O) groups is 2. The first-order valence-electron chi connectivity index (χ1n) is 5.18. The topological polar surface area (TPSA) is 92.5 Å². The average molecular weight is 289 g/mol. The fourth-order valence-corrected chi connectivity index (χ4v) is 1.67. The highest BCUT2D eigenvalue weighted by Crippen LogP contribution is 2.36. The molecule has 0 aromatic heterocycles. The van der Waals surface area contributed by atoms with Crippen LogP contribution in [0.2, 0.25) is 0 Å². The highest BCUT2D eigenvalue weighted by atomic mass is 19.4. The molecular weight excluding hydrogens is 283 g/mol. The van der Waals surface area contributed by atoms with Crippen LogP contribution in [0.3, 0.4) is 0 Å². The summed E-state index contributed by atoms with van der Waals surface area (Å²) in [5, 5.41) is 11.4. The van der Waals surface area contributed by atoms with Crippen LogP contribution < -0.4 is 10.4 Å². The Bertz CT molecular complexity index is 614. The molecule has 0 radical (unpaired) electrons. The maximum absolute atomic E-state index is 12.5. The van der Waals surface area contributed by atoms with Gasteiger partial charge in [0.05, 0.1) is 10.5 Å². The maximum atomic E-state index is 12.5. The lowest BCUT2D eigenvalue weighted by atomic mass is 10.1. The van der Waals surface area contributed by atoms with Gasteiger partial charge in [-0.05, 0) is 12.1 Å². The predicted octanol–water partition coefficient (Wildman–Crippen LogP) is 1.38. The van der Waals surface area contributed by atoms with E-state index in [-0.39, 0.29) is 0 Å². The van der Waals surface area contributed by atoms with Gasteiger partial charge < -0.3 is 0 Å². The number of nitrogens with zero attached hydrogens (tertiary/aromatic N) is 2. The van der Waals surface area contributed by atoms with Gasteiger partial charge in [0.25, 0.3) is 11.6 Å². The summed E-state index contributed by atoms with van der Waals surface area (Å²) in [6.45, 7) is 0. The fourth-order valence-electron chi connectivity index (χ4n) is 1.67. The van der Waals surface area contributed by atoms with E-state index >= 15 is 0 Å². The molecule has 0 spiro atoms. The van der Waals surface area contributed by atoms with Gasteiger partial charge >= 0.3 is 6.18 Å². The van der Waals surface area contributed by atoms with Crippen LogP contribution in [-0.4, -0.2) is 16.7 Å². The number of halogens is 3. The van der Waals surface area contributed by atoms with E-state index in [2.05, 4.69) is 0 Å². The van der Waals surface area contributed by atoms with Gasteiger partial charge in [-0.25, -0.2) is 5.01 Å². The van der Waals surface area contributed by atoms with Gasteiger partial charge in [-0.15, -0.1) is 0 Å². The van der Waals surface area contributed by atoms with E-state index in [0.717, 1.165) is 6.07 Å². The van der Waals surface area contributed by atoms with Gasteiger partial charge in [-0.3, -0.25) is 25.1 Å². The molecule has 10 heteroatoms. The fraction of sp³-hybridized carbons (Fsp3) is 0.200. The lowest BCUT2D eigenvalue weighted by Gasteiger charge is -2.16. The minimum absolute atomic E-state index is 0.313. The zero-order valence-electron chi connectivity index (χ0n) is 9.60. The molecule has 1 aromatic carbocycles. The third-order valence-corrected chi connectivity index (χ3v) is 2.54. The number of amides is 2. The number of hydrazine groups is 1. The number of rotatable bonds is 2. The number of hydrogen-bond acceptors (Lipinski definition) is 4. The zero-order chi connectivity index (χ0) is 15.1. The molecule has 0 bridgehead atoms. The monoisotopic (exact) mass is 289 g/mol. The number of nitro benzene ring substituents is 1. The van der Waals surface area contributed by atoms with Crippen LogP contribution in [0, 0.1) is 10.1 Å². The van der Waals surface area contributed by atoms with Crippen LogP contribution in [0.4, 0.5) is 24.5 Å². The van der Waals surface area contributed by atoms with Gasteiger partial charge in [-0.2, -0.15) is 13.2 Å². The Morgan fingerprint density at radius 1 is 1.30 bits per heavy atom.